The summed E-state index contributed by atoms with van der Waals surface area (Å²) in [6.07, 6.45) is 2.18. The van der Waals surface area contributed by atoms with E-state index in [9.17, 15) is 9.59 Å². The van der Waals surface area contributed by atoms with Crippen LogP contribution >= 0.6 is 0 Å². The van der Waals surface area contributed by atoms with Gasteiger partial charge >= 0.3 is 0 Å². The molecule has 0 aliphatic carbocycles. The summed E-state index contributed by atoms with van der Waals surface area (Å²) in [6, 6.07) is 14.4. The lowest BCUT2D eigenvalue weighted by Crippen LogP contribution is -2.31. The summed E-state index contributed by atoms with van der Waals surface area (Å²) in [5.74, 6) is 0.364. The standard InChI is InChI=1S/C23H29N3O4/c1-16(2)30-20-9-4-8-19(13-20)26-22(27)15-24-18-7-3-6-17(12-18)23(28)25-14-21-10-5-11-29-21/h3-4,6-9,12-13,16,21,24H,5,10-11,14-15H2,1-2H3,(H,25,28)(H,26,27). The molecule has 0 bridgehead atoms. The molecule has 2 amide bonds. The molecule has 2 aromatic rings. The molecule has 1 aliphatic heterocycles. The summed E-state index contributed by atoms with van der Waals surface area (Å²) < 4.78 is 11.2. The van der Waals surface area contributed by atoms with Crippen LogP contribution in [0.1, 0.15) is 37.0 Å². The van der Waals surface area contributed by atoms with E-state index in [1.807, 2.05) is 38.1 Å². The van der Waals surface area contributed by atoms with Crippen LogP contribution < -0.4 is 20.7 Å². The lowest BCUT2D eigenvalue weighted by molar-refractivity contribution is -0.114. The maximum Gasteiger partial charge on any atom is 0.251 e. The highest BCUT2D eigenvalue weighted by Crippen LogP contribution is 2.18. The van der Waals surface area contributed by atoms with Crippen LogP contribution in [0.4, 0.5) is 11.4 Å². The zero-order valence-electron chi connectivity index (χ0n) is 17.4. The zero-order valence-corrected chi connectivity index (χ0v) is 17.4. The Morgan fingerprint density at radius 2 is 1.93 bits per heavy atom. The van der Waals surface area contributed by atoms with Crippen molar-refractivity contribution in [2.45, 2.75) is 38.9 Å². The van der Waals surface area contributed by atoms with Gasteiger partial charge < -0.3 is 25.4 Å². The first kappa shape index (κ1) is 21.6. The molecule has 30 heavy (non-hydrogen) atoms. The number of benzene rings is 2. The maximum atomic E-state index is 12.4. The normalized spacial score (nSPS) is 15.6. The van der Waals surface area contributed by atoms with Gasteiger partial charge in [0, 0.05) is 36.2 Å². The van der Waals surface area contributed by atoms with Gasteiger partial charge in [-0.3, -0.25) is 9.59 Å². The van der Waals surface area contributed by atoms with Crippen molar-refractivity contribution in [1.29, 1.82) is 0 Å². The minimum Gasteiger partial charge on any atom is -0.491 e. The average Bonchev–Trinajstić information content (AvgIpc) is 3.24. The van der Waals surface area contributed by atoms with Crippen LogP contribution in [0.2, 0.25) is 0 Å². The fourth-order valence-corrected chi connectivity index (χ4v) is 3.19. The fraction of sp³-hybridized carbons (Fsp3) is 0.391. The van der Waals surface area contributed by atoms with Crippen LogP contribution in [0.15, 0.2) is 48.5 Å². The van der Waals surface area contributed by atoms with Gasteiger partial charge in [0.15, 0.2) is 0 Å². The molecule has 1 heterocycles. The van der Waals surface area contributed by atoms with Gasteiger partial charge in [0.25, 0.3) is 5.91 Å². The smallest absolute Gasteiger partial charge is 0.251 e. The Morgan fingerprint density at radius 3 is 2.70 bits per heavy atom. The van der Waals surface area contributed by atoms with Crippen molar-refractivity contribution in [3.8, 4) is 5.75 Å². The van der Waals surface area contributed by atoms with Crippen molar-refractivity contribution in [3.63, 3.8) is 0 Å². The van der Waals surface area contributed by atoms with Crippen LogP contribution in [-0.2, 0) is 9.53 Å². The van der Waals surface area contributed by atoms with E-state index in [4.69, 9.17) is 9.47 Å². The fourth-order valence-electron chi connectivity index (χ4n) is 3.19. The molecule has 0 radical (unpaired) electrons. The predicted octanol–water partition coefficient (Wildman–Crippen LogP) is 3.43. The average molecular weight is 412 g/mol. The van der Waals surface area contributed by atoms with Crippen molar-refractivity contribution in [3.05, 3.63) is 54.1 Å². The molecular formula is C23H29N3O4. The Hall–Kier alpha value is -3.06. The van der Waals surface area contributed by atoms with Crippen molar-refractivity contribution in [2.24, 2.45) is 0 Å². The number of hydrogen-bond acceptors (Lipinski definition) is 5. The molecule has 1 aliphatic rings. The predicted molar refractivity (Wildman–Crippen MR) is 117 cm³/mol. The summed E-state index contributed by atoms with van der Waals surface area (Å²) in [7, 11) is 0. The van der Waals surface area contributed by atoms with Gasteiger partial charge in [-0.25, -0.2) is 0 Å². The Bertz CT molecular complexity index is 863. The zero-order chi connectivity index (χ0) is 21.3. The highest BCUT2D eigenvalue weighted by atomic mass is 16.5. The number of carbonyl (C=O) groups excluding carboxylic acids is 2. The van der Waals surface area contributed by atoms with Crippen LogP contribution in [0.3, 0.4) is 0 Å². The van der Waals surface area contributed by atoms with Crippen molar-refractivity contribution < 1.29 is 19.1 Å². The molecule has 7 nitrogen and oxygen atoms in total. The van der Waals surface area contributed by atoms with Gasteiger partial charge in [-0.1, -0.05) is 12.1 Å². The Labute approximate surface area is 177 Å². The van der Waals surface area contributed by atoms with Crippen LogP contribution in [0.5, 0.6) is 5.75 Å². The Kier molecular flexibility index (Phi) is 7.68. The first-order chi connectivity index (χ1) is 14.5. The van der Waals surface area contributed by atoms with Crippen molar-refractivity contribution in [2.75, 3.05) is 30.3 Å². The van der Waals surface area contributed by atoms with Crippen LogP contribution in [-0.4, -0.2) is 43.7 Å². The second-order valence-electron chi connectivity index (χ2n) is 7.52. The molecule has 3 rings (SSSR count). The van der Waals surface area contributed by atoms with E-state index in [0.717, 1.165) is 19.4 Å². The summed E-state index contributed by atoms with van der Waals surface area (Å²) in [5, 5.41) is 8.80. The third kappa shape index (κ3) is 6.77. The lowest BCUT2D eigenvalue weighted by Gasteiger charge is -2.13. The molecule has 0 aromatic heterocycles. The Morgan fingerprint density at radius 1 is 1.13 bits per heavy atom. The van der Waals surface area contributed by atoms with Gasteiger partial charge in [0.1, 0.15) is 5.75 Å². The third-order valence-electron chi connectivity index (χ3n) is 4.58. The number of nitrogens with one attached hydrogen (secondary N) is 3. The molecule has 1 saturated heterocycles. The highest BCUT2D eigenvalue weighted by molar-refractivity contribution is 5.96. The first-order valence-corrected chi connectivity index (χ1v) is 10.3. The van der Waals surface area contributed by atoms with Gasteiger partial charge in [-0.2, -0.15) is 0 Å². The monoisotopic (exact) mass is 411 g/mol. The number of hydrogen-bond donors (Lipinski definition) is 3. The van der Waals surface area contributed by atoms with Gasteiger partial charge in [-0.15, -0.1) is 0 Å². The van der Waals surface area contributed by atoms with E-state index in [2.05, 4.69) is 16.0 Å². The molecule has 1 atom stereocenters. The van der Waals surface area contributed by atoms with Gasteiger partial charge in [-0.05, 0) is 57.0 Å². The molecule has 0 spiro atoms. The van der Waals surface area contributed by atoms with Crippen LogP contribution in [0, 0.1) is 0 Å². The SMILES string of the molecule is CC(C)Oc1cccc(NC(=O)CNc2cccc(C(=O)NCC3CCCO3)c2)c1. The van der Waals surface area contributed by atoms with Crippen molar-refractivity contribution in [1.82, 2.24) is 5.32 Å². The Balaban J connectivity index is 1.48. The third-order valence-corrected chi connectivity index (χ3v) is 4.58. The van der Waals surface area contributed by atoms with E-state index < -0.39 is 0 Å². The van der Waals surface area contributed by atoms with E-state index in [-0.39, 0.29) is 30.6 Å². The second-order valence-corrected chi connectivity index (χ2v) is 7.52. The van der Waals surface area contributed by atoms with Gasteiger partial charge in [0.2, 0.25) is 5.91 Å². The molecule has 0 saturated carbocycles. The van der Waals surface area contributed by atoms with Gasteiger partial charge in [0.05, 0.1) is 18.8 Å². The topological polar surface area (TPSA) is 88.7 Å². The molecule has 160 valence electrons. The molecule has 1 unspecified atom stereocenters. The first-order valence-electron chi connectivity index (χ1n) is 10.3. The number of anilines is 2. The summed E-state index contributed by atoms with van der Waals surface area (Å²) in [5.41, 5.74) is 1.91. The molecular weight excluding hydrogens is 382 g/mol. The number of amides is 2. The molecule has 1 fully saturated rings. The van der Waals surface area contributed by atoms with E-state index in [0.29, 0.717) is 29.2 Å². The molecule has 2 aromatic carbocycles. The number of rotatable bonds is 9. The van der Waals surface area contributed by atoms with Crippen molar-refractivity contribution >= 4 is 23.2 Å². The quantitative estimate of drug-likeness (QED) is 0.588. The molecule has 3 N–H and O–H groups in total. The second kappa shape index (κ2) is 10.6. The minimum atomic E-state index is -0.190. The summed E-state index contributed by atoms with van der Waals surface area (Å²) in [4.78, 5) is 24.6. The lowest BCUT2D eigenvalue weighted by atomic mass is 10.1. The molecule has 7 heteroatoms. The number of carbonyl (C=O) groups is 2. The highest BCUT2D eigenvalue weighted by Gasteiger charge is 2.16. The summed E-state index contributed by atoms with van der Waals surface area (Å²) >= 11 is 0. The van der Waals surface area contributed by atoms with E-state index >= 15 is 0 Å². The summed E-state index contributed by atoms with van der Waals surface area (Å²) in [6.45, 7) is 5.25. The van der Waals surface area contributed by atoms with E-state index in [1.54, 1.807) is 24.3 Å². The minimum absolute atomic E-state index is 0.0628. The largest absolute Gasteiger partial charge is 0.491 e. The van der Waals surface area contributed by atoms with Crippen LogP contribution in [0.25, 0.3) is 0 Å². The number of ether oxygens (including phenoxy) is 2. The maximum absolute atomic E-state index is 12.4. The van der Waals surface area contributed by atoms with E-state index in [1.165, 1.54) is 0 Å².